The van der Waals surface area contributed by atoms with Crippen LogP contribution >= 0.6 is 15.9 Å². The van der Waals surface area contributed by atoms with Crippen LogP contribution in [0.3, 0.4) is 0 Å². The second-order valence-electron chi connectivity index (χ2n) is 3.91. The molecule has 7 heteroatoms. The molecule has 2 rings (SSSR count). The van der Waals surface area contributed by atoms with E-state index in [-0.39, 0.29) is 17.1 Å². The Morgan fingerprint density at radius 2 is 2.20 bits per heavy atom. The van der Waals surface area contributed by atoms with Gasteiger partial charge in [0, 0.05) is 23.3 Å². The van der Waals surface area contributed by atoms with Crippen LogP contribution in [0, 0.1) is 21.4 Å². The van der Waals surface area contributed by atoms with E-state index in [0.717, 1.165) is 10.0 Å². The normalized spacial score (nSPS) is 9.80. The molecule has 1 heterocycles. The maximum atomic E-state index is 11.0. The predicted molar refractivity (Wildman–Crippen MR) is 77.1 cm³/mol. The third kappa shape index (κ3) is 3.10. The highest BCUT2D eigenvalue weighted by atomic mass is 79.9. The number of nitriles is 1. The molecule has 0 atom stereocenters. The van der Waals surface area contributed by atoms with Gasteiger partial charge in [-0.1, -0.05) is 34.1 Å². The van der Waals surface area contributed by atoms with Gasteiger partial charge in [-0.05, 0) is 11.6 Å². The number of nitrogens with one attached hydrogen (secondary N) is 1. The first-order chi connectivity index (χ1) is 9.61. The van der Waals surface area contributed by atoms with E-state index in [1.165, 1.54) is 12.3 Å². The van der Waals surface area contributed by atoms with Gasteiger partial charge in [-0.15, -0.1) is 0 Å². The molecule has 0 saturated heterocycles. The number of anilines is 1. The number of hydrogen-bond donors (Lipinski definition) is 1. The number of rotatable bonds is 4. The van der Waals surface area contributed by atoms with E-state index in [2.05, 4.69) is 26.2 Å². The number of nitro groups is 1. The molecule has 20 heavy (non-hydrogen) atoms. The second kappa shape index (κ2) is 6.12. The Bertz CT molecular complexity index is 697. The maximum absolute atomic E-state index is 11.0. The monoisotopic (exact) mass is 332 g/mol. The Morgan fingerprint density at radius 1 is 1.45 bits per heavy atom. The van der Waals surface area contributed by atoms with Crippen molar-refractivity contribution >= 4 is 27.4 Å². The zero-order valence-corrected chi connectivity index (χ0v) is 11.8. The average Bonchev–Trinajstić information content (AvgIpc) is 2.46. The lowest BCUT2D eigenvalue weighted by atomic mass is 10.2. The Kier molecular flexibility index (Phi) is 4.27. The van der Waals surface area contributed by atoms with Crippen molar-refractivity contribution in [3.8, 4) is 6.07 Å². The molecule has 100 valence electrons. The minimum absolute atomic E-state index is 0.143. The van der Waals surface area contributed by atoms with Gasteiger partial charge in [0.05, 0.1) is 10.5 Å². The first-order valence-electron chi connectivity index (χ1n) is 5.63. The predicted octanol–water partition coefficient (Wildman–Crippen LogP) is 3.24. The van der Waals surface area contributed by atoms with Gasteiger partial charge < -0.3 is 5.32 Å². The van der Waals surface area contributed by atoms with Crippen LogP contribution in [0.15, 0.2) is 41.0 Å². The van der Waals surface area contributed by atoms with Crippen molar-refractivity contribution in [1.82, 2.24) is 4.98 Å². The molecule has 1 aromatic heterocycles. The number of benzene rings is 1. The quantitative estimate of drug-likeness (QED) is 0.685. The molecule has 0 saturated carbocycles. The summed E-state index contributed by atoms with van der Waals surface area (Å²) in [5, 5.41) is 22.6. The summed E-state index contributed by atoms with van der Waals surface area (Å²) in [7, 11) is 0. The van der Waals surface area contributed by atoms with Crippen LogP contribution in [0.4, 0.5) is 11.5 Å². The summed E-state index contributed by atoms with van der Waals surface area (Å²) in [5.74, 6) is 0.143. The molecule has 1 aromatic carbocycles. The van der Waals surface area contributed by atoms with Crippen molar-refractivity contribution in [2.75, 3.05) is 5.32 Å². The summed E-state index contributed by atoms with van der Waals surface area (Å²) >= 11 is 3.40. The van der Waals surface area contributed by atoms with Gasteiger partial charge in [0.2, 0.25) is 5.82 Å². The first-order valence-corrected chi connectivity index (χ1v) is 6.43. The van der Waals surface area contributed by atoms with Crippen LogP contribution < -0.4 is 5.32 Å². The highest BCUT2D eigenvalue weighted by molar-refractivity contribution is 9.10. The zero-order valence-electron chi connectivity index (χ0n) is 10.2. The van der Waals surface area contributed by atoms with Gasteiger partial charge in [0.1, 0.15) is 6.07 Å². The lowest BCUT2D eigenvalue weighted by Gasteiger charge is -2.07. The van der Waals surface area contributed by atoms with Gasteiger partial charge in [0.15, 0.2) is 0 Å². The van der Waals surface area contributed by atoms with E-state index in [9.17, 15) is 10.1 Å². The van der Waals surface area contributed by atoms with E-state index >= 15 is 0 Å². The van der Waals surface area contributed by atoms with Crippen molar-refractivity contribution in [3.05, 3.63) is 62.2 Å². The number of nitrogens with zero attached hydrogens (tertiary/aromatic N) is 3. The zero-order chi connectivity index (χ0) is 14.5. The van der Waals surface area contributed by atoms with Crippen LogP contribution in [-0.2, 0) is 6.54 Å². The fourth-order valence-electron chi connectivity index (χ4n) is 1.61. The molecule has 6 nitrogen and oxygen atoms in total. The third-order valence-corrected chi connectivity index (χ3v) is 3.37. The molecule has 0 fully saturated rings. The number of aromatic nitrogens is 1. The second-order valence-corrected chi connectivity index (χ2v) is 4.76. The average molecular weight is 333 g/mol. The minimum Gasteiger partial charge on any atom is -0.360 e. The SMILES string of the molecule is N#Cc1cnc(NCc2ccccc2Br)c([N+](=O)[O-])c1. The fraction of sp³-hybridized carbons (Fsp3) is 0.0769. The third-order valence-electron chi connectivity index (χ3n) is 2.60. The van der Waals surface area contributed by atoms with E-state index in [1.807, 2.05) is 30.3 Å². The molecule has 0 aliphatic heterocycles. The Hall–Kier alpha value is -2.46. The summed E-state index contributed by atoms with van der Waals surface area (Å²) in [5.41, 5.74) is 0.896. The van der Waals surface area contributed by atoms with Crippen molar-refractivity contribution in [2.45, 2.75) is 6.54 Å². The molecule has 0 aliphatic rings. The molecule has 1 N–H and O–H groups in total. The van der Waals surface area contributed by atoms with Crippen LogP contribution in [0.5, 0.6) is 0 Å². The first kappa shape index (κ1) is 14.0. The standard InChI is InChI=1S/C13H9BrN4O2/c14-11-4-2-1-3-10(11)8-17-13-12(18(19)20)5-9(6-15)7-16-13/h1-5,7H,8H2,(H,16,17). The van der Waals surface area contributed by atoms with Crippen LogP contribution in [0.25, 0.3) is 0 Å². The summed E-state index contributed by atoms with van der Waals surface area (Å²) in [6, 6.07) is 10.6. The fourth-order valence-corrected chi connectivity index (χ4v) is 2.04. The Morgan fingerprint density at radius 3 is 2.85 bits per heavy atom. The van der Waals surface area contributed by atoms with Gasteiger partial charge >= 0.3 is 5.69 Å². The molecule has 0 unspecified atom stereocenters. The van der Waals surface area contributed by atoms with Crippen molar-refractivity contribution in [3.63, 3.8) is 0 Å². The summed E-state index contributed by atoms with van der Waals surface area (Å²) < 4.78 is 0.906. The number of halogens is 1. The van der Waals surface area contributed by atoms with Crippen LogP contribution in [0.1, 0.15) is 11.1 Å². The number of pyridine rings is 1. The maximum Gasteiger partial charge on any atom is 0.312 e. The largest absolute Gasteiger partial charge is 0.360 e. The number of hydrogen-bond acceptors (Lipinski definition) is 5. The van der Waals surface area contributed by atoms with E-state index in [0.29, 0.717) is 6.54 Å². The smallest absolute Gasteiger partial charge is 0.312 e. The van der Waals surface area contributed by atoms with Gasteiger partial charge in [-0.3, -0.25) is 10.1 Å². The van der Waals surface area contributed by atoms with Crippen LogP contribution in [0.2, 0.25) is 0 Å². The molecular formula is C13H9BrN4O2. The highest BCUT2D eigenvalue weighted by Gasteiger charge is 2.16. The molecule has 0 spiro atoms. The lowest BCUT2D eigenvalue weighted by Crippen LogP contribution is -2.05. The Labute approximate surface area is 123 Å². The molecular weight excluding hydrogens is 324 g/mol. The van der Waals surface area contributed by atoms with E-state index < -0.39 is 4.92 Å². The summed E-state index contributed by atoms with van der Waals surface area (Å²) in [6.45, 7) is 0.390. The minimum atomic E-state index is -0.559. The molecule has 2 aromatic rings. The topological polar surface area (TPSA) is 91.8 Å². The van der Waals surface area contributed by atoms with Crippen molar-refractivity contribution in [1.29, 1.82) is 5.26 Å². The molecule has 0 aliphatic carbocycles. The summed E-state index contributed by atoms with van der Waals surface area (Å²) in [4.78, 5) is 14.3. The molecule has 0 radical (unpaired) electrons. The van der Waals surface area contributed by atoms with Gasteiger partial charge in [-0.2, -0.15) is 5.26 Å². The van der Waals surface area contributed by atoms with E-state index in [4.69, 9.17) is 5.26 Å². The lowest BCUT2D eigenvalue weighted by molar-refractivity contribution is -0.384. The van der Waals surface area contributed by atoms with E-state index in [1.54, 1.807) is 0 Å². The van der Waals surface area contributed by atoms with Crippen LogP contribution in [-0.4, -0.2) is 9.91 Å². The van der Waals surface area contributed by atoms with Crippen molar-refractivity contribution in [2.24, 2.45) is 0 Å². The van der Waals surface area contributed by atoms with Gasteiger partial charge in [0.25, 0.3) is 0 Å². The Balaban J connectivity index is 2.24. The summed E-state index contributed by atoms with van der Waals surface area (Å²) in [6.07, 6.45) is 1.30. The molecule has 0 bridgehead atoms. The highest BCUT2D eigenvalue weighted by Crippen LogP contribution is 2.24. The molecule has 0 amide bonds. The van der Waals surface area contributed by atoms with Gasteiger partial charge in [-0.25, -0.2) is 4.98 Å². The van der Waals surface area contributed by atoms with Crippen molar-refractivity contribution < 1.29 is 4.92 Å².